The van der Waals surface area contributed by atoms with Gasteiger partial charge in [-0.3, -0.25) is 9.89 Å². The predicted octanol–water partition coefficient (Wildman–Crippen LogP) is 1.98. The van der Waals surface area contributed by atoms with E-state index >= 15 is 0 Å². The van der Waals surface area contributed by atoms with Gasteiger partial charge in [-0.1, -0.05) is 30.3 Å². The lowest BCUT2D eigenvalue weighted by Crippen LogP contribution is -2.42. The average molecular weight is 339 g/mol. The van der Waals surface area contributed by atoms with E-state index in [1.807, 2.05) is 30.3 Å². The third-order valence-electron chi connectivity index (χ3n) is 4.10. The van der Waals surface area contributed by atoms with Crippen molar-refractivity contribution in [2.45, 2.75) is 13.0 Å². The highest BCUT2D eigenvalue weighted by Gasteiger charge is 2.31. The molecule has 1 aliphatic rings. The minimum absolute atomic E-state index is 0.0999. The molecule has 0 saturated carbocycles. The molecule has 1 aliphatic heterocycles. The number of aromatic amines is 1. The molecule has 3 heterocycles. The molecule has 0 bridgehead atoms. The first-order chi connectivity index (χ1) is 12.2. The number of aryl methyl sites for hydroxylation is 1. The lowest BCUT2D eigenvalue weighted by molar-refractivity contribution is -0.0349. The number of amides is 1. The SMILES string of the molecule is Cc1nnc(C2CN(C(=O)c3cn[nH]c3-c3ccccc3)CCO2)o1. The maximum Gasteiger partial charge on any atom is 0.257 e. The molecule has 8 heteroatoms. The highest BCUT2D eigenvalue weighted by Crippen LogP contribution is 2.25. The Kier molecular flexibility index (Phi) is 4.02. The Morgan fingerprint density at radius 3 is 2.88 bits per heavy atom. The molecule has 1 atom stereocenters. The summed E-state index contributed by atoms with van der Waals surface area (Å²) in [6.45, 7) is 3.00. The third-order valence-corrected chi connectivity index (χ3v) is 4.10. The standard InChI is InChI=1S/C17H17N5O3/c1-11-19-21-16(25-11)14-10-22(7-8-24-14)17(23)13-9-18-20-15(13)12-5-3-2-4-6-12/h2-6,9,14H,7-8,10H2,1H3,(H,18,20). The van der Waals surface area contributed by atoms with Crippen LogP contribution in [-0.2, 0) is 4.74 Å². The van der Waals surface area contributed by atoms with Gasteiger partial charge in [0.15, 0.2) is 6.10 Å². The van der Waals surface area contributed by atoms with Gasteiger partial charge < -0.3 is 14.1 Å². The van der Waals surface area contributed by atoms with E-state index in [1.54, 1.807) is 18.0 Å². The van der Waals surface area contributed by atoms with Gasteiger partial charge in [-0.05, 0) is 0 Å². The zero-order valence-corrected chi connectivity index (χ0v) is 13.7. The van der Waals surface area contributed by atoms with Gasteiger partial charge in [-0.25, -0.2) is 0 Å². The number of morpholine rings is 1. The van der Waals surface area contributed by atoms with Crippen LogP contribution in [0.4, 0.5) is 0 Å². The van der Waals surface area contributed by atoms with Crippen LogP contribution >= 0.6 is 0 Å². The van der Waals surface area contributed by atoms with Gasteiger partial charge in [0, 0.05) is 19.0 Å². The maximum absolute atomic E-state index is 13.0. The van der Waals surface area contributed by atoms with Gasteiger partial charge in [0.2, 0.25) is 11.8 Å². The van der Waals surface area contributed by atoms with Crippen LogP contribution in [0.2, 0.25) is 0 Å². The van der Waals surface area contributed by atoms with Crippen LogP contribution in [-0.4, -0.2) is 50.9 Å². The van der Waals surface area contributed by atoms with E-state index in [0.29, 0.717) is 42.7 Å². The Hall–Kier alpha value is -3.00. The molecule has 0 aliphatic carbocycles. The van der Waals surface area contributed by atoms with Crippen molar-refractivity contribution >= 4 is 5.91 Å². The number of carbonyl (C=O) groups excluding carboxylic acids is 1. The van der Waals surface area contributed by atoms with Gasteiger partial charge in [-0.15, -0.1) is 10.2 Å². The molecule has 0 spiro atoms. The Balaban J connectivity index is 1.56. The number of benzene rings is 1. The van der Waals surface area contributed by atoms with Crippen LogP contribution in [0.25, 0.3) is 11.3 Å². The summed E-state index contributed by atoms with van der Waals surface area (Å²) < 4.78 is 11.1. The molecule has 1 fully saturated rings. The quantitative estimate of drug-likeness (QED) is 0.784. The molecule has 128 valence electrons. The zero-order chi connectivity index (χ0) is 17.2. The van der Waals surface area contributed by atoms with Crippen LogP contribution in [0.1, 0.15) is 28.2 Å². The Bertz CT molecular complexity index is 873. The van der Waals surface area contributed by atoms with Crippen molar-refractivity contribution in [2.24, 2.45) is 0 Å². The van der Waals surface area contributed by atoms with E-state index in [4.69, 9.17) is 9.15 Å². The second-order valence-corrected chi connectivity index (χ2v) is 5.79. The second kappa shape index (κ2) is 6.48. The van der Waals surface area contributed by atoms with Gasteiger partial charge in [-0.2, -0.15) is 5.10 Å². The smallest absolute Gasteiger partial charge is 0.257 e. The molecule has 1 saturated heterocycles. The first-order valence-corrected chi connectivity index (χ1v) is 8.02. The van der Waals surface area contributed by atoms with Crippen molar-refractivity contribution in [1.82, 2.24) is 25.3 Å². The number of H-pyrrole nitrogens is 1. The molecule has 25 heavy (non-hydrogen) atoms. The second-order valence-electron chi connectivity index (χ2n) is 5.79. The summed E-state index contributed by atoms with van der Waals surface area (Å²) in [7, 11) is 0. The molecule has 8 nitrogen and oxygen atoms in total. The molecular weight excluding hydrogens is 322 g/mol. The van der Waals surface area contributed by atoms with Crippen LogP contribution in [0.3, 0.4) is 0 Å². The van der Waals surface area contributed by atoms with E-state index in [1.165, 1.54) is 0 Å². The number of aromatic nitrogens is 4. The zero-order valence-electron chi connectivity index (χ0n) is 13.7. The lowest BCUT2D eigenvalue weighted by Gasteiger charge is -2.31. The number of nitrogens with zero attached hydrogens (tertiary/aromatic N) is 4. The first-order valence-electron chi connectivity index (χ1n) is 8.02. The van der Waals surface area contributed by atoms with Crippen molar-refractivity contribution in [2.75, 3.05) is 19.7 Å². The minimum Gasteiger partial charge on any atom is -0.423 e. The molecular formula is C17H17N5O3. The molecule has 1 unspecified atom stereocenters. The molecule has 0 radical (unpaired) electrons. The van der Waals surface area contributed by atoms with Gasteiger partial charge in [0.05, 0.1) is 30.6 Å². The lowest BCUT2D eigenvalue weighted by atomic mass is 10.1. The largest absolute Gasteiger partial charge is 0.423 e. The van der Waals surface area contributed by atoms with E-state index in [0.717, 1.165) is 5.56 Å². The first kappa shape index (κ1) is 15.5. The summed E-state index contributed by atoms with van der Waals surface area (Å²) in [5.74, 6) is 0.769. The highest BCUT2D eigenvalue weighted by molar-refractivity contribution is 5.99. The number of nitrogens with one attached hydrogen (secondary N) is 1. The third kappa shape index (κ3) is 3.03. The Morgan fingerprint density at radius 2 is 2.12 bits per heavy atom. The number of hydrogen-bond donors (Lipinski definition) is 1. The van der Waals surface area contributed by atoms with E-state index in [-0.39, 0.29) is 5.91 Å². The molecule has 4 rings (SSSR count). The fourth-order valence-corrected chi connectivity index (χ4v) is 2.87. The monoisotopic (exact) mass is 339 g/mol. The van der Waals surface area contributed by atoms with Gasteiger partial charge in [0.25, 0.3) is 5.91 Å². The van der Waals surface area contributed by atoms with Crippen molar-refractivity contribution in [3.63, 3.8) is 0 Å². The fraction of sp³-hybridized carbons (Fsp3) is 0.294. The number of ether oxygens (including phenoxy) is 1. The normalized spacial score (nSPS) is 17.6. The van der Waals surface area contributed by atoms with E-state index in [2.05, 4.69) is 20.4 Å². The van der Waals surface area contributed by atoms with E-state index in [9.17, 15) is 4.79 Å². The van der Waals surface area contributed by atoms with Gasteiger partial charge >= 0.3 is 0 Å². The Labute approximate surface area is 143 Å². The summed E-state index contributed by atoms with van der Waals surface area (Å²) in [5.41, 5.74) is 2.16. The summed E-state index contributed by atoms with van der Waals surface area (Å²) >= 11 is 0. The molecule has 3 aromatic rings. The molecule has 1 aromatic carbocycles. The Morgan fingerprint density at radius 1 is 1.28 bits per heavy atom. The van der Waals surface area contributed by atoms with Crippen molar-refractivity contribution in [3.05, 3.63) is 53.9 Å². The maximum atomic E-state index is 13.0. The summed E-state index contributed by atoms with van der Waals surface area (Å²) in [6.07, 6.45) is 1.15. The van der Waals surface area contributed by atoms with Crippen LogP contribution in [0, 0.1) is 6.92 Å². The summed E-state index contributed by atoms with van der Waals surface area (Å²) in [5, 5.41) is 14.8. The summed E-state index contributed by atoms with van der Waals surface area (Å²) in [4.78, 5) is 14.7. The number of hydrogen-bond acceptors (Lipinski definition) is 6. The van der Waals surface area contributed by atoms with Crippen molar-refractivity contribution < 1.29 is 13.9 Å². The minimum atomic E-state index is -0.411. The molecule has 1 N–H and O–H groups in total. The fourth-order valence-electron chi connectivity index (χ4n) is 2.87. The average Bonchev–Trinajstić information content (AvgIpc) is 3.31. The molecule has 2 aromatic heterocycles. The van der Waals surface area contributed by atoms with Gasteiger partial charge in [0.1, 0.15) is 0 Å². The molecule has 1 amide bonds. The van der Waals surface area contributed by atoms with Crippen molar-refractivity contribution in [1.29, 1.82) is 0 Å². The number of carbonyl (C=O) groups is 1. The van der Waals surface area contributed by atoms with Crippen molar-refractivity contribution in [3.8, 4) is 11.3 Å². The van der Waals surface area contributed by atoms with E-state index < -0.39 is 6.10 Å². The van der Waals surface area contributed by atoms with Crippen LogP contribution < -0.4 is 0 Å². The summed E-state index contributed by atoms with van der Waals surface area (Å²) in [6, 6.07) is 9.65. The number of rotatable bonds is 3. The highest BCUT2D eigenvalue weighted by atomic mass is 16.5. The predicted molar refractivity (Wildman–Crippen MR) is 87.7 cm³/mol. The topological polar surface area (TPSA) is 97.1 Å². The van der Waals surface area contributed by atoms with Crippen LogP contribution in [0.15, 0.2) is 40.9 Å². The van der Waals surface area contributed by atoms with Crippen LogP contribution in [0.5, 0.6) is 0 Å².